The van der Waals surface area contributed by atoms with Gasteiger partial charge in [-0.3, -0.25) is 9.55 Å². The Morgan fingerprint density at radius 1 is 0.923 bits per heavy atom. The zero-order valence-corrected chi connectivity index (χ0v) is 26.2. The minimum atomic E-state index is -4.17. The number of aliphatic hydroxyl groups is 1. The molecule has 10 heteroatoms. The van der Waals surface area contributed by atoms with Crippen LogP contribution in [0, 0.1) is 17.2 Å². The Morgan fingerprint density at radius 2 is 1.44 bits per heavy atom. The molecule has 39 heavy (non-hydrogen) atoms. The smallest absolute Gasteiger partial charge is 0.397 e. The lowest BCUT2D eigenvalue weighted by molar-refractivity contribution is -0.925. The van der Waals surface area contributed by atoms with Gasteiger partial charge in [-0.1, -0.05) is 90.9 Å². The first-order valence-corrected chi connectivity index (χ1v) is 16.6. The van der Waals surface area contributed by atoms with E-state index in [4.69, 9.17) is 9.81 Å². The summed E-state index contributed by atoms with van der Waals surface area (Å²) >= 11 is 0. The molecule has 0 aliphatic heterocycles. The monoisotopic (exact) mass is 577 g/mol. The van der Waals surface area contributed by atoms with Crippen molar-refractivity contribution < 1.29 is 31.8 Å². The first kappa shape index (κ1) is 39.9. The van der Waals surface area contributed by atoms with Crippen LogP contribution in [0.25, 0.3) is 0 Å². The topological polar surface area (TPSA) is 143 Å². The fraction of sp³-hybridized carbons (Fsp3) is 0.931. The third-order valence-corrected chi connectivity index (χ3v) is 7.53. The van der Waals surface area contributed by atoms with E-state index in [9.17, 15) is 18.6 Å². The van der Waals surface area contributed by atoms with Gasteiger partial charge in [-0.25, -0.2) is 4.18 Å². The Balaban J connectivity index is 0. The molecule has 0 aromatic rings. The molecular weight excluding hydrogens is 518 g/mol. The summed E-state index contributed by atoms with van der Waals surface area (Å²) in [6, 6.07) is 2.19. The Hall–Kier alpha value is -1.25. The predicted molar refractivity (Wildman–Crippen MR) is 158 cm³/mol. The molecule has 1 unspecified atom stereocenters. The predicted octanol–water partition coefficient (Wildman–Crippen LogP) is 5.43. The fourth-order valence-corrected chi connectivity index (χ4v) is 4.82. The maximum atomic E-state index is 12.0. The molecule has 0 rings (SSSR count). The zero-order chi connectivity index (χ0) is 29.8. The van der Waals surface area contributed by atoms with Gasteiger partial charge in [-0.15, -0.1) is 0 Å². The second-order valence-corrected chi connectivity index (χ2v) is 11.8. The summed E-state index contributed by atoms with van der Waals surface area (Å²) in [7, 11) is -4.17. The summed E-state index contributed by atoms with van der Waals surface area (Å²) < 4.78 is 31.3. The van der Waals surface area contributed by atoms with Crippen molar-refractivity contribution in [3.05, 3.63) is 0 Å². The number of aliphatic imine (C=N–C) groups is 1. The molecule has 0 bridgehead atoms. The summed E-state index contributed by atoms with van der Waals surface area (Å²) in [6.45, 7) is 11.7. The average molecular weight is 578 g/mol. The molecule has 0 radical (unpaired) electrons. The Morgan fingerprint density at radius 3 is 1.82 bits per heavy atom. The van der Waals surface area contributed by atoms with Crippen LogP contribution in [0.15, 0.2) is 4.99 Å². The lowest BCUT2D eigenvalue weighted by atomic mass is 10.0. The maximum Gasteiger partial charge on any atom is 0.397 e. The summed E-state index contributed by atoms with van der Waals surface area (Å²) in [5, 5.41) is 30.3. The number of quaternary nitrogens is 1. The van der Waals surface area contributed by atoms with E-state index in [0.29, 0.717) is 30.4 Å². The van der Waals surface area contributed by atoms with Gasteiger partial charge in [0.05, 0.1) is 51.9 Å². The lowest BCUT2D eigenvalue weighted by Gasteiger charge is -2.36. The van der Waals surface area contributed by atoms with Gasteiger partial charge in [0.1, 0.15) is 6.54 Å². The van der Waals surface area contributed by atoms with Crippen molar-refractivity contribution in [2.45, 2.75) is 124 Å². The largest absolute Gasteiger partial charge is 0.862 e. The van der Waals surface area contributed by atoms with Crippen LogP contribution in [0.5, 0.6) is 0 Å². The van der Waals surface area contributed by atoms with Crippen LogP contribution in [-0.4, -0.2) is 74.4 Å². The second kappa shape index (κ2) is 26.9. The van der Waals surface area contributed by atoms with Crippen molar-refractivity contribution in [3.63, 3.8) is 0 Å². The summed E-state index contributed by atoms with van der Waals surface area (Å²) in [6.07, 6.45) is 18.1. The number of unbranched alkanes of at least 4 members (excludes halogenated alkanes) is 11. The van der Waals surface area contributed by atoms with Crippen molar-refractivity contribution in [2.75, 3.05) is 45.9 Å². The van der Waals surface area contributed by atoms with Crippen LogP contribution in [0.1, 0.15) is 124 Å². The first-order valence-electron chi connectivity index (χ1n) is 15.2. The zero-order valence-electron chi connectivity index (χ0n) is 25.4. The first-order chi connectivity index (χ1) is 18.6. The third-order valence-electron chi connectivity index (χ3n) is 6.99. The van der Waals surface area contributed by atoms with E-state index < -0.39 is 10.4 Å². The van der Waals surface area contributed by atoms with Gasteiger partial charge in [0.15, 0.2) is 0 Å². The van der Waals surface area contributed by atoms with Gasteiger partial charge in [0.25, 0.3) is 0 Å². The summed E-state index contributed by atoms with van der Waals surface area (Å²) in [5.74, 6) is 0.864. The number of likely N-dealkylation sites (N-methyl/N-ethyl adjacent to an activating group) is 1. The molecule has 232 valence electrons. The summed E-state index contributed by atoms with van der Waals surface area (Å²) in [4.78, 5) is 4.23. The fourth-order valence-electron chi connectivity index (χ4n) is 4.52. The lowest BCUT2D eigenvalue weighted by Crippen LogP contribution is -2.52. The van der Waals surface area contributed by atoms with Gasteiger partial charge in [-0.05, 0) is 38.5 Å². The highest BCUT2D eigenvalue weighted by Gasteiger charge is 2.23. The highest BCUT2D eigenvalue weighted by Crippen LogP contribution is 2.14. The summed E-state index contributed by atoms with van der Waals surface area (Å²) in [5.41, 5.74) is 0. The van der Waals surface area contributed by atoms with E-state index in [1.165, 1.54) is 77.6 Å². The molecule has 0 heterocycles. The van der Waals surface area contributed by atoms with E-state index in [2.05, 4.69) is 36.0 Å². The average Bonchev–Trinajstić information content (AvgIpc) is 2.87. The molecular formula is C29H59N3O6S. The third kappa shape index (κ3) is 29.6. The normalized spacial score (nSPS) is 13.5. The van der Waals surface area contributed by atoms with Crippen molar-refractivity contribution >= 4 is 16.3 Å². The van der Waals surface area contributed by atoms with E-state index >= 15 is 0 Å². The van der Waals surface area contributed by atoms with Crippen LogP contribution < -0.4 is 5.11 Å². The number of hydrogen-bond acceptors (Lipinski definition) is 7. The van der Waals surface area contributed by atoms with Gasteiger partial charge < -0.3 is 14.7 Å². The molecule has 0 aromatic carbocycles. The van der Waals surface area contributed by atoms with E-state index in [0.717, 1.165) is 38.4 Å². The highest BCUT2D eigenvalue weighted by molar-refractivity contribution is 7.80. The standard InChI is InChI=1S/C27H53N3O2.C2H6O4S/c1-4-30(24-25-31,22-17-20-28)23-21-29-27(32)19-16-14-12-10-8-6-5-7-9-11-13-15-18-26(2)3;1-2-6-7(3,4)5/h26,31H,4-19,21-25H2,1-3H3;2H2,1H3,(H,3,4,5). The SMILES string of the molecule is CCOS(=O)(=O)O.CC[N+](CCO)(CCC#N)CCN=C([O-])CCCCCCCCCCCCCCC(C)C. The Labute approximate surface area is 240 Å². The van der Waals surface area contributed by atoms with Crippen molar-refractivity contribution in [3.8, 4) is 6.07 Å². The molecule has 1 atom stereocenters. The maximum absolute atomic E-state index is 12.0. The molecule has 0 saturated heterocycles. The number of rotatable bonds is 25. The molecule has 0 spiro atoms. The highest BCUT2D eigenvalue weighted by atomic mass is 32.3. The van der Waals surface area contributed by atoms with E-state index in [1.807, 2.05) is 0 Å². The molecule has 0 fully saturated rings. The Kier molecular flexibility index (Phi) is 27.6. The molecule has 0 aliphatic rings. The second-order valence-electron chi connectivity index (χ2n) is 10.7. The van der Waals surface area contributed by atoms with Crippen molar-refractivity contribution in [1.82, 2.24) is 0 Å². The van der Waals surface area contributed by atoms with Gasteiger partial charge >= 0.3 is 10.4 Å². The van der Waals surface area contributed by atoms with Crippen molar-refractivity contribution in [2.24, 2.45) is 10.9 Å². The number of nitriles is 1. The van der Waals surface area contributed by atoms with Crippen molar-refractivity contribution in [1.29, 1.82) is 5.26 Å². The quantitative estimate of drug-likeness (QED) is 0.0484. The minimum absolute atomic E-state index is 0.0110. The number of hydrogen-bond donors (Lipinski definition) is 2. The molecule has 0 aliphatic carbocycles. The molecule has 0 saturated carbocycles. The van der Waals surface area contributed by atoms with Gasteiger partial charge in [-0.2, -0.15) is 13.7 Å². The van der Waals surface area contributed by atoms with E-state index in [1.54, 1.807) is 0 Å². The molecule has 9 nitrogen and oxygen atoms in total. The van der Waals surface area contributed by atoms with Crippen LogP contribution in [-0.2, 0) is 14.6 Å². The van der Waals surface area contributed by atoms with Crippen LogP contribution >= 0.6 is 0 Å². The molecule has 2 N–H and O–H groups in total. The molecule has 0 aromatic heterocycles. The molecule has 0 amide bonds. The van der Waals surface area contributed by atoms with Crippen LogP contribution in [0.3, 0.4) is 0 Å². The van der Waals surface area contributed by atoms with Crippen LogP contribution in [0.2, 0.25) is 0 Å². The number of aliphatic hydroxyl groups excluding tert-OH is 1. The van der Waals surface area contributed by atoms with Crippen LogP contribution in [0.4, 0.5) is 0 Å². The van der Waals surface area contributed by atoms with E-state index in [-0.39, 0.29) is 19.1 Å². The van der Waals surface area contributed by atoms with Gasteiger partial charge in [0.2, 0.25) is 0 Å². The Bertz CT molecular complexity index is 725. The van der Waals surface area contributed by atoms with Gasteiger partial charge in [0, 0.05) is 0 Å². The minimum Gasteiger partial charge on any atom is -0.862 e. The number of nitrogens with zero attached hydrogens (tertiary/aromatic N) is 3.